The van der Waals surface area contributed by atoms with Gasteiger partial charge in [-0.25, -0.2) is 4.79 Å². The molecule has 1 aromatic heterocycles. The van der Waals surface area contributed by atoms with Gasteiger partial charge in [0.25, 0.3) is 0 Å². The van der Waals surface area contributed by atoms with E-state index in [9.17, 15) is 14.4 Å². The van der Waals surface area contributed by atoms with E-state index in [-0.39, 0.29) is 18.9 Å². The minimum atomic E-state index is -0.500. The van der Waals surface area contributed by atoms with Gasteiger partial charge in [0.15, 0.2) is 0 Å². The number of thiophene rings is 1. The van der Waals surface area contributed by atoms with Crippen LogP contribution in [0.1, 0.15) is 28.6 Å². The number of carbonyl (C=O) groups is 3. The van der Waals surface area contributed by atoms with Crippen molar-refractivity contribution in [2.75, 3.05) is 18.6 Å². The minimum Gasteiger partial charge on any atom is -0.465 e. The smallest absolute Gasteiger partial charge is 0.340 e. The van der Waals surface area contributed by atoms with E-state index < -0.39 is 17.8 Å². The lowest BCUT2D eigenvalue weighted by molar-refractivity contribution is -0.123. The Labute approximate surface area is 120 Å². The average molecular weight is 296 g/mol. The van der Waals surface area contributed by atoms with E-state index in [2.05, 4.69) is 0 Å². The van der Waals surface area contributed by atoms with Gasteiger partial charge in [-0.3, -0.25) is 9.59 Å². The van der Waals surface area contributed by atoms with E-state index in [0.717, 1.165) is 11.3 Å². The Kier molecular flexibility index (Phi) is 4.08. The predicted octanol–water partition coefficient (Wildman–Crippen LogP) is 0.935. The summed E-state index contributed by atoms with van der Waals surface area (Å²) in [4.78, 5) is 37.5. The number of esters is 1. The van der Waals surface area contributed by atoms with Gasteiger partial charge in [-0.05, 0) is 12.5 Å². The number of nitrogens with two attached hydrogens (primary N) is 1. The second-order valence-electron chi connectivity index (χ2n) is 4.58. The fraction of sp³-hybridized carbons (Fsp3) is 0.462. The zero-order chi connectivity index (χ0) is 14.9. The van der Waals surface area contributed by atoms with Gasteiger partial charge in [0.05, 0.1) is 18.6 Å². The van der Waals surface area contributed by atoms with Gasteiger partial charge in [0.1, 0.15) is 5.00 Å². The van der Waals surface area contributed by atoms with Crippen molar-refractivity contribution in [3.05, 3.63) is 16.5 Å². The van der Waals surface area contributed by atoms with E-state index in [1.807, 2.05) is 6.92 Å². The third kappa shape index (κ3) is 2.53. The maximum atomic E-state index is 12.0. The number of anilines is 1. The highest BCUT2D eigenvalue weighted by atomic mass is 32.1. The van der Waals surface area contributed by atoms with Crippen molar-refractivity contribution < 1.29 is 19.1 Å². The van der Waals surface area contributed by atoms with Gasteiger partial charge in [0, 0.05) is 17.8 Å². The molecule has 1 saturated heterocycles. The zero-order valence-corrected chi connectivity index (χ0v) is 12.2. The number of amides is 2. The molecule has 108 valence electrons. The van der Waals surface area contributed by atoms with Gasteiger partial charge in [-0.15, -0.1) is 11.3 Å². The Bertz CT molecular complexity index is 567. The van der Waals surface area contributed by atoms with E-state index in [4.69, 9.17) is 10.5 Å². The number of hydrogen-bond donors (Lipinski definition) is 1. The van der Waals surface area contributed by atoms with Gasteiger partial charge in [-0.2, -0.15) is 0 Å². The van der Waals surface area contributed by atoms with Crippen molar-refractivity contribution in [3.8, 4) is 0 Å². The summed E-state index contributed by atoms with van der Waals surface area (Å²) in [5.41, 5.74) is 5.62. The fourth-order valence-corrected chi connectivity index (χ4v) is 3.26. The van der Waals surface area contributed by atoms with Crippen LogP contribution < -0.4 is 10.6 Å². The van der Waals surface area contributed by atoms with Crippen LogP contribution >= 0.6 is 11.3 Å². The maximum Gasteiger partial charge on any atom is 0.340 e. The van der Waals surface area contributed by atoms with Gasteiger partial charge in [-0.1, -0.05) is 6.92 Å². The monoisotopic (exact) mass is 296 g/mol. The van der Waals surface area contributed by atoms with Crippen molar-refractivity contribution in [1.29, 1.82) is 0 Å². The van der Waals surface area contributed by atoms with Crippen LogP contribution in [0, 0.1) is 5.92 Å². The predicted molar refractivity (Wildman–Crippen MR) is 74.7 cm³/mol. The van der Waals surface area contributed by atoms with Crippen molar-refractivity contribution in [2.45, 2.75) is 19.8 Å². The first kappa shape index (κ1) is 14.5. The summed E-state index contributed by atoms with van der Waals surface area (Å²) < 4.78 is 4.74. The number of nitrogens with zero attached hydrogens (tertiary/aromatic N) is 1. The number of carbonyl (C=O) groups excluding carboxylic acids is 3. The number of methoxy groups -OCH3 is 1. The number of primary amides is 1. The van der Waals surface area contributed by atoms with Crippen molar-refractivity contribution in [1.82, 2.24) is 0 Å². The summed E-state index contributed by atoms with van der Waals surface area (Å²) in [6.07, 6.45) is 0.852. The van der Waals surface area contributed by atoms with Crippen molar-refractivity contribution in [2.24, 2.45) is 11.7 Å². The molecule has 1 fully saturated rings. The largest absolute Gasteiger partial charge is 0.465 e. The maximum absolute atomic E-state index is 12.0. The molecule has 1 aromatic rings. The quantitative estimate of drug-likeness (QED) is 0.837. The van der Waals surface area contributed by atoms with Gasteiger partial charge < -0.3 is 15.4 Å². The molecule has 1 aliphatic rings. The van der Waals surface area contributed by atoms with Gasteiger partial charge in [0.2, 0.25) is 11.8 Å². The van der Waals surface area contributed by atoms with Crippen LogP contribution in [-0.2, 0) is 20.7 Å². The topological polar surface area (TPSA) is 89.7 Å². The number of hydrogen-bond acceptors (Lipinski definition) is 5. The van der Waals surface area contributed by atoms with E-state index in [1.165, 1.54) is 23.3 Å². The molecule has 6 nitrogen and oxygen atoms in total. The highest BCUT2D eigenvalue weighted by Crippen LogP contribution is 2.36. The summed E-state index contributed by atoms with van der Waals surface area (Å²) in [5.74, 6) is -1.66. The van der Waals surface area contributed by atoms with Crippen molar-refractivity contribution in [3.63, 3.8) is 0 Å². The lowest BCUT2D eigenvalue weighted by Gasteiger charge is -2.15. The molecule has 0 aliphatic carbocycles. The fourth-order valence-electron chi connectivity index (χ4n) is 2.16. The van der Waals surface area contributed by atoms with Crippen molar-refractivity contribution >= 4 is 34.1 Å². The molecule has 2 rings (SSSR count). The molecule has 0 radical (unpaired) electrons. The first-order chi connectivity index (χ1) is 9.47. The molecule has 0 spiro atoms. The third-order valence-electron chi connectivity index (χ3n) is 3.29. The standard InChI is InChI=1S/C13H16N2O4S/c1-3-8-5-9(13(18)19-2)12(20-8)15-6-7(11(14)17)4-10(15)16/h5,7H,3-4,6H2,1-2H3,(H2,14,17). The molecule has 2 amide bonds. The Hall–Kier alpha value is -1.89. The molecule has 20 heavy (non-hydrogen) atoms. The summed E-state index contributed by atoms with van der Waals surface area (Å²) >= 11 is 1.37. The molecule has 0 bridgehead atoms. The molecular formula is C13H16N2O4S. The van der Waals surface area contributed by atoms with Crippen LogP contribution in [0.15, 0.2) is 6.07 Å². The highest BCUT2D eigenvalue weighted by Gasteiger charge is 2.36. The minimum absolute atomic E-state index is 0.0926. The highest BCUT2D eigenvalue weighted by molar-refractivity contribution is 7.16. The Balaban J connectivity index is 2.37. The molecule has 1 unspecified atom stereocenters. The Morgan fingerprint density at radius 1 is 1.55 bits per heavy atom. The summed E-state index contributed by atoms with van der Waals surface area (Å²) in [6.45, 7) is 2.19. The molecular weight excluding hydrogens is 280 g/mol. The first-order valence-corrected chi connectivity index (χ1v) is 7.10. The average Bonchev–Trinajstić information content (AvgIpc) is 3.00. The lowest BCUT2D eigenvalue weighted by atomic mass is 10.1. The molecule has 0 aromatic carbocycles. The van der Waals surface area contributed by atoms with Crippen LogP contribution in [0.3, 0.4) is 0 Å². The first-order valence-electron chi connectivity index (χ1n) is 6.28. The number of ether oxygens (including phenoxy) is 1. The van der Waals surface area contributed by atoms with E-state index in [0.29, 0.717) is 10.6 Å². The normalized spacial score (nSPS) is 18.4. The van der Waals surface area contributed by atoms with E-state index >= 15 is 0 Å². The van der Waals surface area contributed by atoms with Crippen LogP contribution in [0.2, 0.25) is 0 Å². The third-order valence-corrected chi connectivity index (χ3v) is 4.59. The Morgan fingerprint density at radius 3 is 2.75 bits per heavy atom. The van der Waals surface area contributed by atoms with Crippen LogP contribution in [0.25, 0.3) is 0 Å². The summed E-state index contributed by atoms with van der Waals surface area (Å²) in [7, 11) is 1.30. The molecule has 7 heteroatoms. The summed E-state index contributed by atoms with van der Waals surface area (Å²) in [6, 6.07) is 1.73. The van der Waals surface area contributed by atoms with Crippen LogP contribution in [-0.4, -0.2) is 31.4 Å². The van der Waals surface area contributed by atoms with Crippen LogP contribution in [0.4, 0.5) is 5.00 Å². The molecule has 1 atom stereocenters. The zero-order valence-electron chi connectivity index (χ0n) is 11.3. The SMILES string of the molecule is CCc1cc(C(=O)OC)c(N2CC(C(N)=O)CC2=O)s1. The number of rotatable bonds is 4. The van der Waals surface area contributed by atoms with Gasteiger partial charge >= 0.3 is 5.97 Å². The Morgan fingerprint density at radius 2 is 2.25 bits per heavy atom. The second-order valence-corrected chi connectivity index (χ2v) is 5.70. The lowest BCUT2D eigenvalue weighted by Crippen LogP contribution is -2.28. The summed E-state index contributed by atoms with van der Waals surface area (Å²) in [5, 5.41) is 0.544. The second kappa shape index (κ2) is 5.62. The number of aryl methyl sites for hydroxylation is 1. The van der Waals surface area contributed by atoms with Crippen LogP contribution in [0.5, 0.6) is 0 Å². The molecule has 2 heterocycles. The molecule has 1 aliphatic heterocycles. The van der Waals surface area contributed by atoms with E-state index in [1.54, 1.807) is 6.07 Å². The molecule has 2 N–H and O–H groups in total. The molecule has 0 saturated carbocycles.